The van der Waals surface area contributed by atoms with Gasteiger partial charge in [0.15, 0.2) is 0 Å². The maximum absolute atomic E-state index is 5.96. The summed E-state index contributed by atoms with van der Waals surface area (Å²) < 4.78 is 0. The first-order chi connectivity index (χ1) is 7.27. The smallest absolute Gasteiger partial charge is 0.0408 e. The lowest BCUT2D eigenvalue weighted by Gasteiger charge is -2.14. The van der Waals surface area contributed by atoms with Gasteiger partial charge in [-0.1, -0.05) is 30.7 Å². The van der Waals surface area contributed by atoms with E-state index >= 15 is 0 Å². The lowest BCUT2D eigenvalue weighted by Crippen LogP contribution is -2.13. The fourth-order valence-electron chi connectivity index (χ4n) is 1.55. The predicted molar refractivity (Wildman–Crippen MR) is 70.9 cm³/mol. The summed E-state index contributed by atoms with van der Waals surface area (Å²) in [5.74, 6) is 2.79. The van der Waals surface area contributed by atoms with Crippen molar-refractivity contribution >= 4 is 23.4 Å². The number of nitrogens with two attached hydrogens (primary N) is 1. The Morgan fingerprint density at radius 1 is 1.47 bits per heavy atom. The van der Waals surface area contributed by atoms with Crippen LogP contribution in [0, 0.1) is 0 Å². The highest BCUT2D eigenvalue weighted by Gasteiger charge is 2.09. The molecule has 1 aromatic rings. The van der Waals surface area contributed by atoms with Gasteiger partial charge >= 0.3 is 0 Å². The SMILES string of the molecule is CCSCCC(CN)c1cccc(Cl)c1. The van der Waals surface area contributed by atoms with Gasteiger partial charge in [0, 0.05) is 5.02 Å². The molecule has 1 aromatic carbocycles. The second kappa shape index (κ2) is 7.15. The molecule has 0 fully saturated rings. The summed E-state index contributed by atoms with van der Waals surface area (Å²) in [4.78, 5) is 0. The molecule has 2 N–H and O–H groups in total. The second-order valence-electron chi connectivity index (χ2n) is 3.47. The minimum absolute atomic E-state index is 0.447. The molecular weight excluding hydrogens is 226 g/mol. The van der Waals surface area contributed by atoms with Gasteiger partial charge in [-0.15, -0.1) is 0 Å². The molecule has 0 amide bonds. The van der Waals surface area contributed by atoms with Crippen molar-refractivity contribution in [1.82, 2.24) is 0 Å². The molecule has 0 saturated carbocycles. The van der Waals surface area contributed by atoms with E-state index in [0.717, 1.165) is 11.4 Å². The predicted octanol–water partition coefficient (Wildman–Crippen LogP) is 3.53. The van der Waals surface area contributed by atoms with Gasteiger partial charge in [0.1, 0.15) is 0 Å². The monoisotopic (exact) mass is 243 g/mol. The van der Waals surface area contributed by atoms with Crippen LogP contribution in [-0.4, -0.2) is 18.1 Å². The van der Waals surface area contributed by atoms with Gasteiger partial charge in [-0.25, -0.2) is 0 Å². The Morgan fingerprint density at radius 2 is 2.27 bits per heavy atom. The molecule has 0 aliphatic rings. The number of rotatable bonds is 6. The average molecular weight is 244 g/mol. The summed E-state index contributed by atoms with van der Waals surface area (Å²) in [7, 11) is 0. The molecule has 0 saturated heterocycles. The minimum Gasteiger partial charge on any atom is -0.330 e. The van der Waals surface area contributed by atoms with Gasteiger partial charge in [-0.05, 0) is 48.1 Å². The van der Waals surface area contributed by atoms with E-state index in [4.69, 9.17) is 17.3 Å². The number of hydrogen-bond acceptors (Lipinski definition) is 2. The fourth-order valence-corrected chi connectivity index (χ4v) is 2.49. The van der Waals surface area contributed by atoms with Crippen LogP contribution >= 0.6 is 23.4 Å². The summed E-state index contributed by atoms with van der Waals surface area (Å²) in [6.07, 6.45) is 1.13. The first-order valence-corrected chi connectivity index (χ1v) is 6.84. The first-order valence-electron chi connectivity index (χ1n) is 5.31. The molecular formula is C12H18ClNS. The van der Waals surface area contributed by atoms with E-state index in [9.17, 15) is 0 Å². The Labute approximate surface area is 101 Å². The number of thioether (sulfide) groups is 1. The Morgan fingerprint density at radius 3 is 2.87 bits per heavy atom. The summed E-state index contributed by atoms with van der Waals surface area (Å²) in [6.45, 7) is 2.88. The van der Waals surface area contributed by atoms with E-state index < -0.39 is 0 Å². The van der Waals surface area contributed by atoms with Crippen LogP contribution in [0.1, 0.15) is 24.8 Å². The van der Waals surface area contributed by atoms with Gasteiger partial charge in [0.2, 0.25) is 0 Å². The summed E-state index contributed by atoms with van der Waals surface area (Å²) in [5, 5.41) is 0.800. The third kappa shape index (κ3) is 4.45. The van der Waals surface area contributed by atoms with E-state index in [1.165, 1.54) is 17.1 Å². The molecule has 0 aliphatic carbocycles. The quantitative estimate of drug-likeness (QED) is 0.774. The molecule has 1 rings (SSSR count). The van der Waals surface area contributed by atoms with Crippen molar-refractivity contribution in [2.75, 3.05) is 18.1 Å². The van der Waals surface area contributed by atoms with Crippen molar-refractivity contribution in [3.05, 3.63) is 34.9 Å². The van der Waals surface area contributed by atoms with Gasteiger partial charge < -0.3 is 5.73 Å². The largest absolute Gasteiger partial charge is 0.330 e. The molecule has 15 heavy (non-hydrogen) atoms. The van der Waals surface area contributed by atoms with Crippen LogP contribution in [0.15, 0.2) is 24.3 Å². The highest BCUT2D eigenvalue weighted by atomic mass is 35.5. The Hall–Kier alpha value is -0.180. The van der Waals surface area contributed by atoms with Crippen molar-refractivity contribution in [3.63, 3.8) is 0 Å². The van der Waals surface area contributed by atoms with E-state index in [1.54, 1.807) is 0 Å². The van der Waals surface area contributed by atoms with Crippen molar-refractivity contribution in [3.8, 4) is 0 Å². The van der Waals surface area contributed by atoms with Crippen LogP contribution in [0.5, 0.6) is 0 Å². The van der Waals surface area contributed by atoms with Crippen LogP contribution < -0.4 is 5.73 Å². The van der Waals surface area contributed by atoms with Gasteiger partial charge in [0.25, 0.3) is 0 Å². The number of hydrogen-bond donors (Lipinski definition) is 1. The summed E-state index contributed by atoms with van der Waals surface area (Å²) in [6, 6.07) is 8.03. The van der Waals surface area contributed by atoms with Crippen LogP contribution in [0.25, 0.3) is 0 Å². The molecule has 3 heteroatoms. The van der Waals surface area contributed by atoms with E-state index in [1.807, 2.05) is 30.0 Å². The standard InChI is InChI=1S/C12H18ClNS/c1-2-15-7-6-11(9-14)10-4-3-5-12(13)8-10/h3-5,8,11H,2,6-7,9,14H2,1H3. The summed E-state index contributed by atoms with van der Waals surface area (Å²) >= 11 is 7.92. The van der Waals surface area contributed by atoms with Gasteiger partial charge in [-0.3, -0.25) is 0 Å². The van der Waals surface area contributed by atoms with Gasteiger partial charge in [0.05, 0.1) is 0 Å². The van der Waals surface area contributed by atoms with E-state index in [2.05, 4.69) is 13.0 Å². The fraction of sp³-hybridized carbons (Fsp3) is 0.500. The third-order valence-corrected chi connectivity index (χ3v) is 3.59. The van der Waals surface area contributed by atoms with Crippen LogP contribution in [0.4, 0.5) is 0 Å². The van der Waals surface area contributed by atoms with Crippen LogP contribution in [-0.2, 0) is 0 Å². The third-order valence-electron chi connectivity index (χ3n) is 2.42. The normalized spacial score (nSPS) is 12.7. The molecule has 0 bridgehead atoms. The van der Waals surface area contributed by atoms with Crippen LogP contribution in [0.2, 0.25) is 5.02 Å². The minimum atomic E-state index is 0.447. The van der Waals surface area contributed by atoms with Crippen LogP contribution in [0.3, 0.4) is 0 Å². The van der Waals surface area contributed by atoms with Crippen molar-refractivity contribution in [2.24, 2.45) is 5.73 Å². The molecule has 84 valence electrons. The lowest BCUT2D eigenvalue weighted by atomic mass is 9.97. The van der Waals surface area contributed by atoms with Gasteiger partial charge in [-0.2, -0.15) is 11.8 Å². The second-order valence-corrected chi connectivity index (χ2v) is 5.30. The first kappa shape index (κ1) is 12.9. The molecule has 0 radical (unpaired) electrons. The van der Waals surface area contributed by atoms with E-state index in [0.29, 0.717) is 12.5 Å². The zero-order valence-corrected chi connectivity index (χ0v) is 10.7. The molecule has 1 atom stereocenters. The molecule has 1 nitrogen and oxygen atoms in total. The zero-order chi connectivity index (χ0) is 11.1. The Kier molecular flexibility index (Phi) is 6.15. The number of halogens is 1. The van der Waals surface area contributed by atoms with E-state index in [-0.39, 0.29) is 0 Å². The van der Waals surface area contributed by atoms with Crippen molar-refractivity contribution in [1.29, 1.82) is 0 Å². The molecule has 0 spiro atoms. The topological polar surface area (TPSA) is 26.0 Å². The lowest BCUT2D eigenvalue weighted by molar-refractivity contribution is 0.680. The maximum Gasteiger partial charge on any atom is 0.0408 e. The highest BCUT2D eigenvalue weighted by molar-refractivity contribution is 7.99. The highest BCUT2D eigenvalue weighted by Crippen LogP contribution is 2.23. The molecule has 1 unspecified atom stereocenters. The number of benzene rings is 1. The maximum atomic E-state index is 5.96. The van der Waals surface area contributed by atoms with Crippen molar-refractivity contribution in [2.45, 2.75) is 19.3 Å². The zero-order valence-electron chi connectivity index (χ0n) is 9.08. The summed E-state index contributed by atoms with van der Waals surface area (Å²) in [5.41, 5.74) is 7.05. The molecule has 0 aromatic heterocycles. The molecule has 0 aliphatic heterocycles. The average Bonchev–Trinajstić information content (AvgIpc) is 2.24. The molecule has 0 heterocycles. The van der Waals surface area contributed by atoms with Crippen molar-refractivity contribution < 1.29 is 0 Å². The Balaban J connectivity index is 2.57. The Bertz CT molecular complexity index is 291.